The fourth-order valence-corrected chi connectivity index (χ4v) is 2.25. The number of aromatic nitrogens is 3. The van der Waals surface area contributed by atoms with Gasteiger partial charge in [0, 0.05) is 41.5 Å². The number of hydrogen-bond acceptors (Lipinski definition) is 5. The van der Waals surface area contributed by atoms with Crippen molar-refractivity contribution in [1.82, 2.24) is 15.0 Å². The molecular formula is C20H15N3O2. The summed E-state index contributed by atoms with van der Waals surface area (Å²) in [6.45, 7) is 1.81. The molecule has 3 aromatic rings. The maximum Gasteiger partial charge on any atom is 0.187 e. The number of carbonyl (C=O) groups is 1. The van der Waals surface area contributed by atoms with Gasteiger partial charge in [-0.1, -0.05) is 5.92 Å². The number of nitrogens with zero attached hydrogens (tertiary/aromatic N) is 3. The molecule has 122 valence electrons. The van der Waals surface area contributed by atoms with Crippen molar-refractivity contribution < 1.29 is 9.53 Å². The van der Waals surface area contributed by atoms with Gasteiger partial charge in [-0.2, -0.15) is 0 Å². The fraction of sp³-hybridized carbons (Fsp3) is 0.100. The third kappa shape index (κ3) is 4.27. The van der Waals surface area contributed by atoms with Gasteiger partial charge >= 0.3 is 0 Å². The van der Waals surface area contributed by atoms with Crippen LogP contribution < -0.4 is 4.74 Å². The smallest absolute Gasteiger partial charge is 0.187 e. The number of rotatable bonds is 5. The van der Waals surface area contributed by atoms with Crippen LogP contribution in [0.4, 0.5) is 0 Å². The molecule has 0 amide bonds. The van der Waals surface area contributed by atoms with Gasteiger partial charge in [0.1, 0.15) is 17.2 Å². The molecule has 0 saturated heterocycles. The fourth-order valence-electron chi connectivity index (χ4n) is 2.25. The largest absolute Gasteiger partial charge is 0.456 e. The number of terminal acetylenes is 1. The summed E-state index contributed by atoms with van der Waals surface area (Å²) in [5, 5.41) is 0. The molecule has 5 heteroatoms. The second-order valence-corrected chi connectivity index (χ2v) is 5.40. The van der Waals surface area contributed by atoms with E-state index < -0.39 is 0 Å². The molecule has 0 spiro atoms. The first-order valence-electron chi connectivity index (χ1n) is 7.65. The van der Waals surface area contributed by atoms with Gasteiger partial charge in [-0.05, 0) is 31.2 Å². The number of ether oxygens (including phenoxy) is 1. The second kappa shape index (κ2) is 7.37. The predicted molar refractivity (Wildman–Crippen MR) is 93.5 cm³/mol. The zero-order valence-corrected chi connectivity index (χ0v) is 13.6. The summed E-state index contributed by atoms with van der Waals surface area (Å²) < 4.78 is 5.74. The lowest BCUT2D eigenvalue weighted by molar-refractivity contribution is 0.0986. The lowest BCUT2D eigenvalue weighted by Crippen LogP contribution is -2.08. The van der Waals surface area contributed by atoms with E-state index in [4.69, 9.17) is 11.2 Å². The van der Waals surface area contributed by atoms with Gasteiger partial charge in [0.2, 0.25) is 0 Å². The number of aryl methyl sites for hydroxylation is 1. The van der Waals surface area contributed by atoms with E-state index in [1.54, 1.807) is 55.0 Å². The number of ketones is 1. The number of carbonyl (C=O) groups excluding carboxylic acids is 1. The molecule has 0 atom stereocenters. The van der Waals surface area contributed by atoms with Crippen LogP contribution in [-0.2, 0) is 6.42 Å². The quantitative estimate of drug-likeness (QED) is 0.530. The Balaban J connectivity index is 1.79. The molecule has 3 aromatic heterocycles. The van der Waals surface area contributed by atoms with E-state index >= 15 is 0 Å². The Morgan fingerprint density at radius 1 is 1.20 bits per heavy atom. The molecule has 0 bridgehead atoms. The van der Waals surface area contributed by atoms with Crippen LogP contribution in [0.5, 0.6) is 11.5 Å². The monoisotopic (exact) mass is 329 g/mol. The Morgan fingerprint density at radius 2 is 2.08 bits per heavy atom. The summed E-state index contributed by atoms with van der Waals surface area (Å²) in [7, 11) is 0. The van der Waals surface area contributed by atoms with Crippen LogP contribution in [0.15, 0.2) is 55.0 Å². The normalized spacial score (nSPS) is 10.1. The Labute approximate surface area is 145 Å². The van der Waals surface area contributed by atoms with Gasteiger partial charge in [0.15, 0.2) is 5.78 Å². The van der Waals surface area contributed by atoms with Gasteiger partial charge in [-0.25, -0.2) is 4.98 Å². The molecule has 25 heavy (non-hydrogen) atoms. The van der Waals surface area contributed by atoms with Crippen LogP contribution in [0.3, 0.4) is 0 Å². The SMILES string of the molecule is C#Cc1ccc(CC(=O)c2cc(Oc3cccnc3)cc(C)n2)nc1. The molecule has 0 aliphatic rings. The summed E-state index contributed by atoms with van der Waals surface area (Å²) >= 11 is 0. The highest BCUT2D eigenvalue weighted by molar-refractivity contribution is 5.95. The lowest BCUT2D eigenvalue weighted by Gasteiger charge is -2.08. The van der Waals surface area contributed by atoms with Crippen molar-refractivity contribution in [3.8, 4) is 23.8 Å². The van der Waals surface area contributed by atoms with Gasteiger partial charge in [0.05, 0.1) is 12.6 Å². The van der Waals surface area contributed by atoms with Crippen molar-refractivity contribution >= 4 is 5.78 Å². The van der Waals surface area contributed by atoms with Gasteiger partial charge < -0.3 is 4.74 Å². The molecule has 0 unspecified atom stereocenters. The molecule has 5 nitrogen and oxygen atoms in total. The minimum absolute atomic E-state index is 0.138. The molecule has 0 radical (unpaired) electrons. The summed E-state index contributed by atoms with van der Waals surface area (Å²) in [5.74, 6) is 3.49. The van der Waals surface area contributed by atoms with Crippen molar-refractivity contribution in [2.75, 3.05) is 0 Å². The topological polar surface area (TPSA) is 65.0 Å². The van der Waals surface area contributed by atoms with Crippen LogP contribution in [0.25, 0.3) is 0 Å². The van der Waals surface area contributed by atoms with Gasteiger partial charge in [0.25, 0.3) is 0 Å². The average molecular weight is 329 g/mol. The number of pyridine rings is 3. The Hall–Kier alpha value is -3.52. The van der Waals surface area contributed by atoms with Crippen molar-refractivity contribution in [2.24, 2.45) is 0 Å². The average Bonchev–Trinajstić information content (AvgIpc) is 2.62. The van der Waals surface area contributed by atoms with E-state index in [9.17, 15) is 4.79 Å². The van der Waals surface area contributed by atoms with Crippen molar-refractivity contribution in [3.05, 3.63) is 77.6 Å². The molecule has 3 rings (SSSR count). The number of hydrogen-bond donors (Lipinski definition) is 0. The summed E-state index contributed by atoms with van der Waals surface area (Å²) in [4.78, 5) is 25.0. The maximum absolute atomic E-state index is 12.5. The zero-order valence-electron chi connectivity index (χ0n) is 13.6. The predicted octanol–water partition coefficient (Wildman–Crippen LogP) is 3.38. The highest BCUT2D eigenvalue weighted by Gasteiger charge is 2.12. The maximum atomic E-state index is 12.5. The standard InChI is InChI=1S/C20H15N3O2/c1-3-15-6-7-16(22-12-15)10-20(24)19-11-18(9-14(2)23-19)25-17-5-4-8-21-13-17/h1,4-9,11-13H,10H2,2H3. The van der Waals surface area contributed by atoms with Crippen LogP contribution >= 0.6 is 0 Å². The van der Waals surface area contributed by atoms with Gasteiger partial charge in [-0.3, -0.25) is 14.8 Å². The highest BCUT2D eigenvalue weighted by Crippen LogP contribution is 2.22. The summed E-state index contributed by atoms with van der Waals surface area (Å²) in [5.41, 5.74) is 2.35. The Bertz CT molecular complexity index is 929. The molecule has 0 aliphatic heterocycles. The lowest BCUT2D eigenvalue weighted by atomic mass is 10.1. The van der Waals surface area contributed by atoms with E-state index in [1.165, 1.54) is 0 Å². The van der Waals surface area contributed by atoms with Crippen molar-refractivity contribution in [1.29, 1.82) is 0 Å². The third-order valence-electron chi connectivity index (χ3n) is 3.42. The molecule has 3 heterocycles. The van der Waals surface area contributed by atoms with E-state index in [2.05, 4.69) is 20.9 Å². The van der Waals surface area contributed by atoms with Gasteiger partial charge in [-0.15, -0.1) is 6.42 Å². The van der Waals surface area contributed by atoms with Crippen LogP contribution in [0, 0.1) is 19.3 Å². The molecular weight excluding hydrogens is 314 g/mol. The molecule has 0 saturated carbocycles. The van der Waals surface area contributed by atoms with E-state index in [0.717, 1.165) is 0 Å². The number of Topliss-reactive ketones (excluding diaryl/α,β-unsaturated/α-hetero) is 1. The minimum Gasteiger partial charge on any atom is -0.456 e. The molecule has 0 fully saturated rings. The van der Waals surface area contributed by atoms with Crippen molar-refractivity contribution in [3.63, 3.8) is 0 Å². The third-order valence-corrected chi connectivity index (χ3v) is 3.42. The molecule has 0 aliphatic carbocycles. The minimum atomic E-state index is -0.138. The molecule has 0 N–H and O–H groups in total. The van der Waals surface area contributed by atoms with E-state index in [-0.39, 0.29) is 12.2 Å². The van der Waals surface area contributed by atoms with Crippen molar-refractivity contribution in [2.45, 2.75) is 13.3 Å². The second-order valence-electron chi connectivity index (χ2n) is 5.40. The summed E-state index contributed by atoms with van der Waals surface area (Å²) in [6.07, 6.45) is 10.3. The van der Waals surface area contributed by atoms with Crippen LogP contribution in [-0.4, -0.2) is 20.7 Å². The van der Waals surface area contributed by atoms with Crippen LogP contribution in [0.1, 0.15) is 27.4 Å². The first kappa shape index (κ1) is 16.3. The highest BCUT2D eigenvalue weighted by atomic mass is 16.5. The molecule has 0 aromatic carbocycles. The Kier molecular flexibility index (Phi) is 4.82. The van der Waals surface area contributed by atoms with E-state index in [1.807, 2.05) is 6.92 Å². The first-order chi connectivity index (χ1) is 12.1. The summed E-state index contributed by atoms with van der Waals surface area (Å²) in [6, 6.07) is 10.5. The van der Waals surface area contributed by atoms with E-state index in [0.29, 0.717) is 34.1 Å². The van der Waals surface area contributed by atoms with Crippen LogP contribution in [0.2, 0.25) is 0 Å². The zero-order chi connectivity index (χ0) is 17.6. The Morgan fingerprint density at radius 3 is 2.76 bits per heavy atom. The first-order valence-corrected chi connectivity index (χ1v) is 7.65.